The van der Waals surface area contributed by atoms with E-state index in [4.69, 9.17) is 14.2 Å². The number of halogens is 1. The van der Waals surface area contributed by atoms with E-state index >= 15 is 0 Å². The van der Waals surface area contributed by atoms with Gasteiger partial charge in [-0.25, -0.2) is 4.79 Å². The molecule has 0 radical (unpaired) electrons. The van der Waals surface area contributed by atoms with E-state index < -0.39 is 5.60 Å². The molecule has 182 valence electrons. The van der Waals surface area contributed by atoms with Crippen molar-refractivity contribution in [2.75, 3.05) is 6.61 Å². The zero-order valence-electron chi connectivity index (χ0n) is 20.4. The number of benzene rings is 3. The van der Waals surface area contributed by atoms with Crippen molar-refractivity contribution in [2.45, 2.75) is 57.3 Å². The van der Waals surface area contributed by atoms with Crippen LogP contribution in [0.4, 0.5) is 0 Å². The van der Waals surface area contributed by atoms with Gasteiger partial charge in [-0.3, -0.25) is 0 Å². The zero-order chi connectivity index (χ0) is 24.6. The molecule has 1 fully saturated rings. The van der Waals surface area contributed by atoms with Gasteiger partial charge in [0.05, 0.1) is 24.4 Å². The first-order valence-corrected chi connectivity index (χ1v) is 13.1. The third-order valence-corrected chi connectivity index (χ3v) is 7.84. The highest BCUT2D eigenvalue weighted by Crippen LogP contribution is 2.54. The summed E-state index contributed by atoms with van der Waals surface area (Å²) in [6.45, 7) is 6.45. The fourth-order valence-corrected chi connectivity index (χ4v) is 5.79. The summed E-state index contributed by atoms with van der Waals surface area (Å²) in [5, 5.41) is 0. The van der Waals surface area contributed by atoms with Gasteiger partial charge in [0.2, 0.25) is 0 Å². The number of carbonyl (C=O) groups is 1. The predicted octanol–water partition coefficient (Wildman–Crippen LogP) is 7.27. The van der Waals surface area contributed by atoms with E-state index in [-0.39, 0.29) is 30.0 Å². The van der Waals surface area contributed by atoms with Gasteiger partial charge in [-0.1, -0.05) is 58.4 Å². The van der Waals surface area contributed by atoms with Crippen molar-refractivity contribution < 1.29 is 19.0 Å². The lowest BCUT2D eigenvalue weighted by Crippen LogP contribution is -2.51. The summed E-state index contributed by atoms with van der Waals surface area (Å²) >= 11 is 3.57. The number of carbonyl (C=O) groups excluding carboxylic acids is 1. The molecule has 2 aliphatic heterocycles. The fraction of sp³-hybridized carbons (Fsp3) is 0.367. The third-order valence-electron chi connectivity index (χ3n) is 7.31. The summed E-state index contributed by atoms with van der Waals surface area (Å²) in [4.78, 5) is 12.5. The van der Waals surface area contributed by atoms with Crippen LogP contribution in [0.2, 0.25) is 0 Å². The number of esters is 1. The minimum Gasteiger partial charge on any atom is -0.487 e. The standard InChI is InChI=1S/C30H31BrO4/c1-4-33-29(32)21-12-15-26-24(17-21)28-25(30(2,3)35-26)18-23(20-10-13-22(31)14-11-20)27(34-28)16-19-8-6-5-7-9-19/h5-15,17,23,25,27-28H,4,16,18H2,1-3H3/t23-,25-,27+,28+/m0/s1. The Kier molecular flexibility index (Phi) is 6.73. The molecule has 0 amide bonds. The first-order valence-electron chi connectivity index (χ1n) is 12.3. The molecule has 0 N–H and O–H groups in total. The van der Waals surface area contributed by atoms with Crippen molar-refractivity contribution in [2.24, 2.45) is 5.92 Å². The van der Waals surface area contributed by atoms with Gasteiger partial charge in [0.15, 0.2) is 0 Å². The maximum absolute atomic E-state index is 12.5. The summed E-state index contributed by atoms with van der Waals surface area (Å²) < 4.78 is 19.8. The van der Waals surface area contributed by atoms with E-state index in [0.29, 0.717) is 12.2 Å². The molecule has 2 aliphatic rings. The first-order chi connectivity index (χ1) is 16.9. The molecule has 3 aromatic carbocycles. The highest BCUT2D eigenvalue weighted by Gasteiger charge is 2.50. The van der Waals surface area contributed by atoms with Crippen molar-refractivity contribution in [3.63, 3.8) is 0 Å². The maximum Gasteiger partial charge on any atom is 0.338 e. The van der Waals surface area contributed by atoms with Crippen LogP contribution in [0, 0.1) is 5.92 Å². The first kappa shape index (κ1) is 24.1. The second-order valence-electron chi connectivity index (χ2n) is 9.96. The predicted molar refractivity (Wildman–Crippen MR) is 140 cm³/mol. The Morgan fingerprint density at radius 3 is 2.51 bits per heavy atom. The number of hydrogen-bond donors (Lipinski definition) is 0. The van der Waals surface area contributed by atoms with Crippen molar-refractivity contribution in [3.8, 4) is 5.75 Å². The molecule has 4 nitrogen and oxygen atoms in total. The molecule has 5 heteroatoms. The monoisotopic (exact) mass is 534 g/mol. The van der Waals surface area contributed by atoms with E-state index in [1.54, 1.807) is 6.07 Å². The molecule has 5 rings (SSSR count). The van der Waals surface area contributed by atoms with Gasteiger partial charge in [-0.05, 0) is 75.1 Å². The molecule has 2 heterocycles. The molecular formula is C30H31BrO4. The molecule has 3 aromatic rings. The van der Waals surface area contributed by atoms with Crippen molar-refractivity contribution in [1.82, 2.24) is 0 Å². The summed E-state index contributed by atoms with van der Waals surface area (Å²) in [7, 11) is 0. The second-order valence-corrected chi connectivity index (χ2v) is 10.9. The number of hydrogen-bond acceptors (Lipinski definition) is 4. The van der Waals surface area contributed by atoms with Crippen LogP contribution in [0.5, 0.6) is 5.75 Å². The lowest BCUT2D eigenvalue weighted by Gasteiger charge is -2.51. The molecule has 0 aromatic heterocycles. The summed E-state index contributed by atoms with van der Waals surface area (Å²) in [5.74, 6) is 0.821. The Hall–Kier alpha value is -2.63. The van der Waals surface area contributed by atoms with E-state index in [1.165, 1.54) is 11.1 Å². The molecule has 0 bridgehead atoms. The van der Waals surface area contributed by atoms with Crippen LogP contribution in [0.1, 0.15) is 66.3 Å². The number of rotatable bonds is 5. The molecule has 1 saturated heterocycles. The Bertz CT molecular complexity index is 1190. The highest BCUT2D eigenvalue weighted by atomic mass is 79.9. The Labute approximate surface area is 215 Å². The van der Waals surface area contributed by atoms with Crippen molar-refractivity contribution in [1.29, 1.82) is 0 Å². The van der Waals surface area contributed by atoms with Gasteiger partial charge >= 0.3 is 5.97 Å². The van der Waals surface area contributed by atoms with E-state index in [0.717, 1.165) is 28.6 Å². The molecule has 0 aliphatic carbocycles. The molecule has 0 spiro atoms. The van der Waals surface area contributed by atoms with Crippen molar-refractivity contribution >= 4 is 21.9 Å². The SMILES string of the molecule is CCOC(=O)c1ccc2c(c1)[C@H]1O[C@H](Cc3ccccc3)[C@H](c3ccc(Br)cc3)C[C@@H]1C(C)(C)O2. The molecule has 4 atom stereocenters. The minimum absolute atomic E-state index is 0.00664. The van der Waals surface area contributed by atoms with Crippen LogP contribution in [-0.4, -0.2) is 24.3 Å². The quantitative estimate of drug-likeness (QED) is 0.323. The summed E-state index contributed by atoms with van der Waals surface area (Å²) in [5.41, 5.74) is 3.59. The average molecular weight is 535 g/mol. The van der Waals surface area contributed by atoms with E-state index in [1.807, 2.05) is 25.1 Å². The van der Waals surface area contributed by atoms with Gasteiger partial charge in [-0.15, -0.1) is 0 Å². The van der Waals surface area contributed by atoms with E-state index in [9.17, 15) is 4.79 Å². The normalized spacial score (nSPS) is 24.6. The fourth-order valence-electron chi connectivity index (χ4n) is 5.53. The van der Waals surface area contributed by atoms with Crippen LogP contribution in [0.15, 0.2) is 77.3 Å². The minimum atomic E-state index is -0.408. The molecule has 0 saturated carbocycles. The third kappa shape index (κ3) is 4.89. The van der Waals surface area contributed by atoms with Crippen LogP contribution < -0.4 is 4.74 Å². The molecule has 35 heavy (non-hydrogen) atoms. The second kappa shape index (κ2) is 9.79. The maximum atomic E-state index is 12.5. The molecule has 0 unspecified atom stereocenters. The van der Waals surface area contributed by atoms with Gasteiger partial charge in [0.25, 0.3) is 0 Å². The van der Waals surface area contributed by atoms with Crippen LogP contribution in [0.3, 0.4) is 0 Å². The Morgan fingerprint density at radius 2 is 1.80 bits per heavy atom. The van der Waals surface area contributed by atoms with E-state index in [2.05, 4.69) is 78.3 Å². The number of ether oxygens (including phenoxy) is 3. The average Bonchev–Trinajstić information content (AvgIpc) is 2.85. The van der Waals surface area contributed by atoms with Gasteiger partial charge in [0.1, 0.15) is 11.4 Å². The zero-order valence-corrected chi connectivity index (χ0v) is 22.0. The van der Waals surface area contributed by atoms with Gasteiger partial charge in [-0.2, -0.15) is 0 Å². The topological polar surface area (TPSA) is 44.8 Å². The van der Waals surface area contributed by atoms with Gasteiger partial charge in [0, 0.05) is 21.9 Å². The lowest BCUT2D eigenvalue weighted by atomic mass is 9.69. The van der Waals surface area contributed by atoms with Crippen molar-refractivity contribution in [3.05, 3.63) is 99.5 Å². The Morgan fingerprint density at radius 1 is 1.06 bits per heavy atom. The number of fused-ring (bicyclic) bond motifs is 3. The largest absolute Gasteiger partial charge is 0.487 e. The van der Waals surface area contributed by atoms with Crippen LogP contribution in [0.25, 0.3) is 0 Å². The summed E-state index contributed by atoms with van der Waals surface area (Å²) in [6, 6.07) is 24.7. The van der Waals surface area contributed by atoms with Gasteiger partial charge < -0.3 is 14.2 Å². The lowest BCUT2D eigenvalue weighted by molar-refractivity contribution is -0.158. The molecular weight excluding hydrogens is 504 g/mol. The van der Waals surface area contributed by atoms with Crippen LogP contribution >= 0.6 is 15.9 Å². The Balaban J connectivity index is 1.55. The smallest absolute Gasteiger partial charge is 0.338 e. The highest BCUT2D eigenvalue weighted by molar-refractivity contribution is 9.10. The van der Waals surface area contributed by atoms with Crippen LogP contribution in [-0.2, 0) is 15.9 Å². The summed E-state index contributed by atoms with van der Waals surface area (Å²) in [6.07, 6.45) is 1.58.